The van der Waals surface area contributed by atoms with Gasteiger partial charge in [0, 0.05) is 6.20 Å². The zero-order valence-corrected chi connectivity index (χ0v) is 10.3. The van der Waals surface area contributed by atoms with Gasteiger partial charge in [0.15, 0.2) is 5.65 Å². The first kappa shape index (κ1) is 12.3. The number of fused-ring (bicyclic) bond motifs is 1. The second kappa shape index (κ2) is 5.08. The molecule has 0 amide bonds. The van der Waals surface area contributed by atoms with Crippen LogP contribution in [-0.4, -0.2) is 15.0 Å². The van der Waals surface area contributed by atoms with E-state index in [0.717, 1.165) is 0 Å². The molecule has 100 valence electrons. The van der Waals surface area contributed by atoms with Gasteiger partial charge >= 0.3 is 0 Å². The first-order valence-corrected chi connectivity index (χ1v) is 5.95. The Kier molecular flexibility index (Phi) is 3.12. The summed E-state index contributed by atoms with van der Waals surface area (Å²) < 4.78 is 18.2. The van der Waals surface area contributed by atoms with Crippen LogP contribution in [0.4, 0.5) is 4.39 Å². The van der Waals surface area contributed by atoms with E-state index in [0.29, 0.717) is 22.6 Å². The zero-order chi connectivity index (χ0) is 13.9. The fraction of sp³-hybridized carbons (Fsp3) is 0.0714. The fourth-order valence-electron chi connectivity index (χ4n) is 1.77. The molecule has 0 fully saturated rings. The second-order valence-electron chi connectivity index (χ2n) is 4.13. The van der Waals surface area contributed by atoms with Gasteiger partial charge in [0.1, 0.15) is 24.0 Å². The van der Waals surface area contributed by atoms with Crippen molar-refractivity contribution in [2.24, 2.45) is 0 Å². The Bertz CT molecular complexity index is 799. The predicted octanol–water partition coefficient (Wildman–Crippen LogP) is 2.04. The van der Waals surface area contributed by atoms with Crippen LogP contribution in [0.15, 0.2) is 47.4 Å². The van der Waals surface area contributed by atoms with Crippen LogP contribution in [0.3, 0.4) is 0 Å². The average molecular weight is 271 g/mol. The number of nitrogens with zero attached hydrogens (tertiary/aromatic N) is 2. The molecule has 0 aliphatic carbocycles. The van der Waals surface area contributed by atoms with Crippen molar-refractivity contribution in [1.29, 1.82) is 0 Å². The van der Waals surface area contributed by atoms with E-state index in [1.807, 2.05) is 0 Å². The normalized spacial score (nSPS) is 10.7. The van der Waals surface area contributed by atoms with Crippen LogP contribution < -0.4 is 10.3 Å². The van der Waals surface area contributed by atoms with Crippen LogP contribution >= 0.6 is 0 Å². The van der Waals surface area contributed by atoms with Gasteiger partial charge in [-0.3, -0.25) is 4.79 Å². The predicted molar refractivity (Wildman–Crippen MR) is 70.9 cm³/mol. The van der Waals surface area contributed by atoms with Crippen LogP contribution in [0.1, 0.15) is 5.82 Å². The Morgan fingerprint density at radius 1 is 1.20 bits per heavy atom. The van der Waals surface area contributed by atoms with Crippen LogP contribution in [-0.2, 0) is 6.61 Å². The third kappa shape index (κ3) is 2.49. The molecule has 6 heteroatoms. The van der Waals surface area contributed by atoms with E-state index in [1.165, 1.54) is 24.3 Å². The minimum Gasteiger partial charge on any atom is -0.486 e. The van der Waals surface area contributed by atoms with Gasteiger partial charge in [-0.1, -0.05) is 0 Å². The number of hydrogen-bond acceptors (Lipinski definition) is 4. The van der Waals surface area contributed by atoms with Crippen LogP contribution in [0, 0.1) is 5.82 Å². The molecule has 0 unspecified atom stereocenters. The molecule has 0 bridgehead atoms. The van der Waals surface area contributed by atoms with E-state index in [4.69, 9.17) is 4.74 Å². The summed E-state index contributed by atoms with van der Waals surface area (Å²) in [4.78, 5) is 22.7. The third-order valence-corrected chi connectivity index (χ3v) is 2.72. The molecule has 20 heavy (non-hydrogen) atoms. The standard InChI is InChI=1S/C14H10FN3O2/c15-9-3-5-10(6-4-9)20-8-12-17-13-11(14(19)18-12)2-1-7-16-13/h1-7H,8H2,(H,16,17,18,19). The number of aromatic nitrogens is 3. The Labute approximate surface area is 113 Å². The molecule has 5 nitrogen and oxygen atoms in total. The van der Waals surface area contributed by atoms with E-state index in [-0.39, 0.29) is 18.0 Å². The van der Waals surface area contributed by atoms with Gasteiger partial charge in [0.2, 0.25) is 0 Å². The van der Waals surface area contributed by atoms with Gasteiger partial charge in [0.05, 0.1) is 5.39 Å². The molecule has 0 atom stereocenters. The first-order valence-electron chi connectivity index (χ1n) is 5.95. The number of rotatable bonds is 3. The fourth-order valence-corrected chi connectivity index (χ4v) is 1.77. The zero-order valence-electron chi connectivity index (χ0n) is 10.3. The summed E-state index contributed by atoms with van der Waals surface area (Å²) in [5, 5.41) is 0.429. The summed E-state index contributed by atoms with van der Waals surface area (Å²) in [6, 6.07) is 8.94. The van der Waals surface area contributed by atoms with E-state index in [9.17, 15) is 9.18 Å². The highest BCUT2D eigenvalue weighted by Gasteiger charge is 2.05. The van der Waals surface area contributed by atoms with Crippen molar-refractivity contribution in [1.82, 2.24) is 15.0 Å². The minimum atomic E-state index is -0.334. The van der Waals surface area contributed by atoms with Gasteiger partial charge in [0.25, 0.3) is 5.56 Å². The van der Waals surface area contributed by atoms with Crippen molar-refractivity contribution in [3.8, 4) is 5.75 Å². The van der Waals surface area contributed by atoms with Gasteiger partial charge in [-0.05, 0) is 36.4 Å². The molecule has 0 radical (unpaired) electrons. The number of aromatic amines is 1. The van der Waals surface area contributed by atoms with Crippen molar-refractivity contribution >= 4 is 11.0 Å². The van der Waals surface area contributed by atoms with Crippen molar-refractivity contribution < 1.29 is 9.13 Å². The van der Waals surface area contributed by atoms with Crippen LogP contribution in [0.2, 0.25) is 0 Å². The van der Waals surface area contributed by atoms with E-state index >= 15 is 0 Å². The molecule has 2 aromatic heterocycles. The minimum absolute atomic E-state index is 0.0768. The number of benzene rings is 1. The monoisotopic (exact) mass is 271 g/mol. The Hall–Kier alpha value is -2.76. The lowest BCUT2D eigenvalue weighted by Crippen LogP contribution is -2.14. The van der Waals surface area contributed by atoms with E-state index in [2.05, 4.69) is 15.0 Å². The topological polar surface area (TPSA) is 67.9 Å². The average Bonchev–Trinajstić information content (AvgIpc) is 2.47. The molecule has 0 aliphatic rings. The number of nitrogens with one attached hydrogen (secondary N) is 1. The lowest BCUT2D eigenvalue weighted by molar-refractivity contribution is 0.295. The summed E-state index contributed by atoms with van der Waals surface area (Å²) in [5.74, 6) is 0.527. The van der Waals surface area contributed by atoms with Crippen molar-refractivity contribution in [3.05, 3.63) is 64.6 Å². The smallest absolute Gasteiger partial charge is 0.260 e. The number of halogens is 1. The number of pyridine rings is 1. The van der Waals surface area contributed by atoms with E-state index in [1.54, 1.807) is 18.3 Å². The van der Waals surface area contributed by atoms with Gasteiger partial charge in [-0.2, -0.15) is 0 Å². The van der Waals surface area contributed by atoms with Crippen molar-refractivity contribution in [3.63, 3.8) is 0 Å². The van der Waals surface area contributed by atoms with Crippen molar-refractivity contribution in [2.75, 3.05) is 0 Å². The van der Waals surface area contributed by atoms with Crippen molar-refractivity contribution in [2.45, 2.75) is 6.61 Å². The molecule has 1 N–H and O–H groups in total. The lowest BCUT2D eigenvalue weighted by Gasteiger charge is -2.05. The third-order valence-electron chi connectivity index (χ3n) is 2.72. The largest absolute Gasteiger partial charge is 0.486 e. The van der Waals surface area contributed by atoms with Gasteiger partial charge < -0.3 is 9.72 Å². The molecule has 0 aliphatic heterocycles. The maximum atomic E-state index is 12.8. The Morgan fingerprint density at radius 3 is 2.80 bits per heavy atom. The van der Waals surface area contributed by atoms with Gasteiger partial charge in [-0.25, -0.2) is 14.4 Å². The Morgan fingerprint density at radius 2 is 2.00 bits per heavy atom. The summed E-state index contributed by atoms with van der Waals surface area (Å²) in [5.41, 5.74) is 0.106. The summed E-state index contributed by atoms with van der Waals surface area (Å²) in [6.45, 7) is 0.0768. The highest BCUT2D eigenvalue weighted by molar-refractivity contribution is 5.72. The molecular weight excluding hydrogens is 261 g/mol. The molecule has 2 heterocycles. The SMILES string of the molecule is O=c1[nH]c(COc2ccc(F)cc2)nc2ncccc12. The number of H-pyrrole nitrogens is 1. The quantitative estimate of drug-likeness (QED) is 0.791. The lowest BCUT2D eigenvalue weighted by atomic mass is 10.3. The number of hydrogen-bond donors (Lipinski definition) is 1. The highest BCUT2D eigenvalue weighted by Crippen LogP contribution is 2.12. The van der Waals surface area contributed by atoms with Crippen LogP contribution in [0.5, 0.6) is 5.75 Å². The molecule has 0 spiro atoms. The second-order valence-corrected chi connectivity index (χ2v) is 4.13. The Balaban J connectivity index is 1.84. The highest BCUT2D eigenvalue weighted by atomic mass is 19.1. The number of ether oxygens (including phenoxy) is 1. The molecule has 3 rings (SSSR count). The molecule has 0 saturated carbocycles. The summed E-state index contributed by atoms with van der Waals surface area (Å²) >= 11 is 0. The summed E-state index contributed by atoms with van der Waals surface area (Å²) in [7, 11) is 0. The maximum Gasteiger partial charge on any atom is 0.260 e. The first-order chi connectivity index (χ1) is 9.72. The van der Waals surface area contributed by atoms with E-state index < -0.39 is 0 Å². The molecule has 3 aromatic rings. The molecular formula is C14H10FN3O2. The van der Waals surface area contributed by atoms with Gasteiger partial charge in [-0.15, -0.1) is 0 Å². The van der Waals surface area contributed by atoms with Crippen LogP contribution in [0.25, 0.3) is 11.0 Å². The maximum absolute atomic E-state index is 12.8. The molecule has 0 saturated heterocycles. The molecule has 1 aromatic carbocycles. The summed E-state index contributed by atoms with van der Waals surface area (Å²) in [6.07, 6.45) is 1.57.